The van der Waals surface area contributed by atoms with Gasteiger partial charge in [0, 0.05) is 11.8 Å². The van der Waals surface area contributed by atoms with Crippen molar-refractivity contribution in [3.63, 3.8) is 0 Å². The van der Waals surface area contributed by atoms with Crippen LogP contribution in [0, 0.1) is 13.8 Å². The molecule has 5 nitrogen and oxygen atoms in total. The molecule has 1 aromatic heterocycles. The van der Waals surface area contributed by atoms with E-state index in [1.165, 1.54) is 18.4 Å². The molecule has 2 rings (SSSR count). The highest BCUT2D eigenvalue weighted by Gasteiger charge is 2.05. The molecule has 0 radical (unpaired) electrons. The Morgan fingerprint density at radius 2 is 1.91 bits per heavy atom. The second-order valence-corrected chi connectivity index (χ2v) is 4.99. The van der Waals surface area contributed by atoms with E-state index in [2.05, 4.69) is 10.6 Å². The van der Waals surface area contributed by atoms with Crippen LogP contribution in [0.1, 0.15) is 16.9 Å². The number of nitrogens with one attached hydrogen (secondary N) is 2. The summed E-state index contributed by atoms with van der Waals surface area (Å²) in [4.78, 5) is 23.4. The van der Waals surface area contributed by atoms with Crippen LogP contribution in [0.4, 0.5) is 5.69 Å². The zero-order valence-electron chi connectivity index (χ0n) is 12.6. The Labute approximate surface area is 129 Å². The summed E-state index contributed by atoms with van der Waals surface area (Å²) in [7, 11) is 0. The lowest BCUT2D eigenvalue weighted by atomic mass is 10.1. The second-order valence-electron chi connectivity index (χ2n) is 4.99. The zero-order valence-corrected chi connectivity index (χ0v) is 12.6. The number of carbonyl (C=O) groups is 2. The van der Waals surface area contributed by atoms with Crippen molar-refractivity contribution in [2.24, 2.45) is 0 Å². The molecule has 0 spiro atoms. The normalized spacial score (nSPS) is 10.6. The fraction of sp³-hybridized carbons (Fsp3) is 0.176. The van der Waals surface area contributed by atoms with Gasteiger partial charge in [0.25, 0.3) is 0 Å². The summed E-state index contributed by atoms with van der Waals surface area (Å²) in [5.41, 5.74) is 2.87. The van der Waals surface area contributed by atoms with Crippen molar-refractivity contribution in [3.05, 3.63) is 59.6 Å². The van der Waals surface area contributed by atoms with E-state index in [9.17, 15) is 9.59 Å². The van der Waals surface area contributed by atoms with Gasteiger partial charge in [-0.2, -0.15) is 0 Å². The van der Waals surface area contributed by atoms with Gasteiger partial charge in [0.1, 0.15) is 5.76 Å². The predicted molar refractivity (Wildman–Crippen MR) is 85.3 cm³/mol. The molecular weight excluding hydrogens is 280 g/mol. The molecule has 0 aliphatic rings. The van der Waals surface area contributed by atoms with Crippen LogP contribution in [-0.4, -0.2) is 18.4 Å². The molecule has 1 aromatic carbocycles. The Morgan fingerprint density at radius 1 is 1.18 bits per heavy atom. The van der Waals surface area contributed by atoms with Gasteiger partial charge in [0.2, 0.25) is 11.8 Å². The SMILES string of the molecule is Cc1cc(C)cc(NC(=O)CNC(=O)/C=C/c2ccco2)c1. The van der Waals surface area contributed by atoms with E-state index >= 15 is 0 Å². The van der Waals surface area contributed by atoms with Gasteiger partial charge in [-0.3, -0.25) is 9.59 Å². The molecule has 0 saturated heterocycles. The molecule has 0 aliphatic heterocycles. The molecular formula is C17H18N2O3. The van der Waals surface area contributed by atoms with E-state index in [0.717, 1.165) is 16.8 Å². The van der Waals surface area contributed by atoms with E-state index < -0.39 is 0 Å². The van der Waals surface area contributed by atoms with E-state index in [1.807, 2.05) is 32.0 Å². The van der Waals surface area contributed by atoms with Gasteiger partial charge >= 0.3 is 0 Å². The number of amides is 2. The van der Waals surface area contributed by atoms with Crippen molar-refractivity contribution in [2.75, 3.05) is 11.9 Å². The molecule has 5 heteroatoms. The van der Waals surface area contributed by atoms with Crippen LogP contribution in [0.2, 0.25) is 0 Å². The van der Waals surface area contributed by atoms with E-state index in [1.54, 1.807) is 12.1 Å². The molecule has 0 fully saturated rings. The largest absolute Gasteiger partial charge is 0.465 e. The van der Waals surface area contributed by atoms with Crippen molar-refractivity contribution < 1.29 is 14.0 Å². The number of hydrogen-bond acceptors (Lipinski definition) is 3. The van der Waals surface area contributed by atoms with Crippen molar-refractivity contribution >= 4 is 23.6 Å². The Morgan fingerprint density at radius 3 is 2.55 bits per heavy atom. The number of carbonyl (C=O) groups excluding carboxylic acids is 2. The minimum atomic E-state index is -0.355. The first-order valence-corrected chi connectivity index (χ1v) is 6.90. The molecule has 114 valence electrons. The summed E-state index contributed by atoms with van der Waals surface area (Å²) >= 11 is 0. The maximum absolute atomic E-state index is 11.8. The summed E-state index contributed by atoms with van der Waals surface area (Å²) in [5, 5.41) is 5.27. The standard InChI is InChI=1S/C17H18N2O3/c1-12-8-13(2)10-14(9-12)19-17(21)11-18-16(20)6-5-15-4-3-7-22-15/h3-10H,11H2,1-2H3,(H,18,20)(H,19,21)/b6-5+. The Kier molecular flexibility index (Phi) is 5.14. The highest BCUT2D eigenvalue weighted by Crippen LogP contribution is 2.13. The number of rotatable bonds is 5. The van der Waals surface area contributed by atoms with Crippen molar-refractivity contribution in [1.82, 2.24) is 5.32 Å². The molecule has 1 heterocycles. The van der Waals surface area contributed by atoms with E-state index in [4.69, 9.17) is 4.42 Å². The minimum absolute atomic E-state index is 0.0890. The third kappa shape index (κ3) is 4.94. The van der Waals surface area contributed by atoms with Crippen LogP contribution in [0.25, 0.3) is 6.08 Å². The molecule has 0 atom stereocenters. The van der Waals surface area contributed by atoms with Crippen LogP contribution in [0.15, 0.2) is 47.1 Å². The summed E-state index contributed by atoms with van der Waals surface area (Å²) < 4.78 is 5.06. The minimum Gasteiger partial charge on any atom is -0.465 e. The van der Waals surface area contributed by atoms with Crippen molar-refractivity contribution in [1.29, 1.82) is 0 Å². The molecule has 2 N–H and O–H groups in total. The van der Waals surface area contributed by atoms with Crippen LogP contribution in [0.3, 0.4) is 0 Å². The summed E-state index contributed by atoms with van der Waals surface area (Å²) in [6, 6.07) is 9.25. The fourth-order valence-corrected chi connectivity index (χ4v) is 2.02. The number of benzene rings is 1. The summed E-state index contributed by atoms with van der Waals surface area (Å²) in [6.07, 6.45) is 4.38. The maximum atomic E-state index is 11.8. The van der Waals surface area contributed by atoms with Gasteiger partial charge in [-0.25, -0.2) is 0 Å². The lowest BCUT2D eigenvalue weighted by Crippen LogP contribution is -2.31. The zero-order chi connectivity index (χ0) is 15.9. The van der Waals surface area contributed by atoms with Gasteiger partial charge in [0.05, 0.1) is 12.8 Å². The van der Waals surface area contributed by atoms with Gasteiger partial charge in [0.15, 0.2) is 0 Å². The maximum Gasteiger partial charge on any atom is 0.244 e. The molecule has 2 aromatic rings. The highest BCUT2D eigenvalue weighted by atomic mass is 16.3. The first kappa shape index (κ1) is 15.6. The van der Waals surface area contributed by atoms with Crippen LogP contribution < -0.4 is 10.6 Å². The topological polar surface area (TPSA) is 71.3 Å². The number of anilines is 1. The first-order chi connectivity index (χ1) is 10.5. The lowest BCUT2D eigenvalue weighted by Gasteiger charge is -2.07. The van der Waals surface area contributed by atoms with Crippen LogP contribution in [-0.2, 0) is 9.59 Å². The van der Waals surface area contributed by atoms with Crippen LogP contribution in [0.5, 0.6) is 0 Å². The Balaban J connectivity index is 1.81. The quantitative estimate of drug-likeness (QED) is 0.834. The number of furan rings is 1. The summed E-state index contributed by atoms with van der Waals surface area (Å²) in [5.74, 6) is -0.0495. The third-order valence-corrected chi connectivity index (χ3v) is 2.87. The van der Waals surface area contributed by atoms with Gasteiger partial charge in [-0.15, -0.1) is 0 Å². The lowest BCUT2D eigenvalue weighted by molar-refractivity contribution is -0.121. The molecule has 0 aliphatic carbocycles. The highest BCUT2D eigenvalue weighted by molar-refractivity contribution is 5.97. The number of hydrogen-bond donors (Lipinski definition) is 2. The Hall–Kier alpha value is -2.82. The van der Waals surface area contributed by atoms with Gasteiger partial charge in [-0.05, 0) is 55.3 Å². The monoisotopic (exact) mass is 298 g/mol. The molecule has 0 bridgehead atoms. The van der Waals surface area contributed by atoms with Gasteiger partial charge < -0.3 is 15.1 Å². The van der Waals surface area contributed by atoms with E-state index in [-0.39, 0.29) is 18.4 Å². The molecule has 0 saturated carbocycles. The molecule has 22 heavy (non-hydrogen) atoms. The Bertz CT molecular complexity index is 668. The first-order valence-electron chi connectivity index (χ1n) is 6.90. The van der Waals surface area contributed by atoms with E-state index in [0.29, 0.717) is 5.76 Å². The molecule has 0 unspecified atom stereocenters. The second kappa shape index (κ2) is 7.26. The van der Waals surface area contributed by atoms with Crippen LogP contribution >= 0.6 is 0 Å². The smallest absolute Gasteiger partial charge is 0.244 e. The summed E-state index contributed by atoms with van der Waals surface area (Å²) in [6.45, 7) is 3.84. The van der Waals surface area contributed by atoms with Crippen molar-refractivity contribution in [3.8, 4) is 0 Å². The predicted octanol–water partition coefficient (Wildman–Crippen LogP) is 2.66. The molecule has 2 amide bonds. The average Bonchev–Trinajstić information content (AvgIpc) is 2.95. The van der Waals surface area contributed by atoms with Crippen molar-refractivity contribution in [2.45, 2.75) is 13.8 Å². The average molecular weight is 298 g/mol. The number of aryl methyl sites for hydroxylation is 2. The van der Waals surface area contributed by atoms with Gasteiger partial charge in [-0.1, -0.05) is 6.07 Å². The fourth-order valence-electron chi connectivity index (χ4n) is 2.02. The third-order valence-electron chi connectivity index (χ3n) is 2.87.